The van der Waals surface area contributed by atoms with Gasteiger partial charge in [-0.05, 0) is 89.3 Å². The SMILES string of the molecule is CCOc1cc(C(=O)NC(=S)Nc2ccc3oc(-c4cc(C)cc(C)c4)nc3c2)cc(OCC)c1OCC. The molecule has 0 aliphatic heterocycles. The molecule has 0 bridgehead atoms. The third kappa shape index (κ3) is 6.23. The normalized spacial score (nSPS) is 10.8. The number of oxazole rings is 1. The molecule has 1 heterocycles. The van der Waals surface area contributed by atoms with Crippen LogP contribution in [0.25, 0.3) is 22.6 Å². The van der Waals surface area contributed by atoms with Gasteiger partial charge in [0.25, 0.3) is 5.91 Å². The number of amides is 1. The second-order valence-corrected chi connectivity index (χ2v) is 9.00. The van der Waals surface area contributed by atoms with Crippen LogP contribution in [0.15, 0.2) is 52.9 Å². The highest BCUT2D eigenvalue weighted by molar-refractivity contribution is 7.80. The maximum absolute atomic E-state index is 13.0. The predicted molar refractivity (Wildman–Crippen MR) is 153 cm³/mol. The van der Waals surface area contributed by atoms with Crippen LogP contribution in [0, 0.1) is 13.8 Å². The Morgan fingerprint density at radius 2 is 1.53 bits per heavy atom. The number of carbonyl (C=O) groups is 1. The summed E-state index contributed by atoms with van der Waals surface area (Å²) in [4.78, 5) is 17.7. The molecule has 198 valence electrons. The van der Waals surface area contributed by atoms with Crippen LogP contribution in [0.4, 0.5) is 5.69 Å². The topological polar surface area (TPSA) is 94.9 Å². The molecule has 0 radical (unpaired) electrons. The molecule has 38 heavy (non-hydrogen) atoms. The molecule has 0 saturated heterocycles. The monoisotopic (exact) mass is 533 g/mol. The summed E-state index contributed by atoms with van der Waals surface area (Å²) in [5, 5.41) is 5.89. The van der Waals surface area contributed by atoms with Crippen LogP contribution in [0.3, 0.4) is 0 Å². The Bertz CT molecular complexity index is 1430. The summed E-state index contributed by atoms with van der Waals surface area (Å²) < 4.78 is 23.1. The molecule has 8 nitrogen and oxygen atoms in total. The first-order chi connectivity index (χ1) is 18.3. The van der Waals surface area contributed by atoms with Gasteiger partial charge in [-0.25, -0.2) is 4.98 Å². The van der Waals surface area contributed by atoms with Gasteiger partial charge in [0.2, 0.25) is 11.6 Å². The van der Waals surface area contributed by atoms with Crippen molar-refractivity contribution in [3.05, 3.63) is 65.2 Å². The van der Waals surface area contributed by atoms with Gasteiger partial charge in [0, 0.05) is 16.8 Å². The van der Waals surface area contributed by atoms with E-state index in [0.717, 1.165) is 16.7 Å². The lowest BCUT2D eigenvalue weighted by molar-refractivity contribution is 0.0976. The van der Waals surface area contributed by atoms with Gasteiger partial charge in [0.15, 0.2) is 22.2 Å². The summed E-state index contributed by atoms with van der Waals surface area (Å²) in [6, 6.07) is 14.9. The van der Waals surface area contributed by atoms with Crippen molar-refractivity contribution in [2.24, 2.45) is 0 Å². The summed E-state index contributed by atoms with van der Waals surface area (Å²) in [5.41, 5.74) is 5.52. The van der Waals surface area contributed by atoms with Crippen LogP contribution in [0.5, 0.6) is 17.2 Å². The number of aromatic nitrogens is 1. The highest BCUT2D eigenvalue weighted by atomic mass is 32.1. The lowest BCUT2D eigenvalue weighted by atomic mass is 10.1. The Morgan fingerprint density at radius 1 is 0.895 bits per heavy atom. The minimum Gasteiger partial charge on any atom is -0.490 e. The second-order valence-electron chi connectivity index (χ2n) is 8.59. The molecule has 1 aromatic heterocycles. The molecule has 9 heteroatoms. The molecule has 0 saturated carbocycles. The van der Waals surface area contributed by atoms with E-state index in [2.05, 4.69) is 21.7 Å². The van der Waals surface area contributed by atoms with Gasteiger partial charge in [-0.2, -0.15) is 0 Å². The molecule has 0 atom stereocenters. The molecule has 4 rings (SSSR count). The minimum atomic E-state index is -0.410. The molecule has 1 amide bonds. The smallest absolute Gasteiger partial charge is 0.257 e. The van der Waals surface area contributed by atoms with Gasteiger partial charge in [-0.1, -0.05) is 17.2 Å². The highest BCUT2D eigenvalue weighted by Crippen LogP contribution is 2.39. The maximum atomic E-state index is 13.0. The molecule has 4 aromatic rings. The zero-order chi connectivity index (χ0) is 27.2. The first-order valence-corrected chi connectivity index (χ1v) is 12.9. The number of hydrogen-bond donors (Lipinski definition) is 2. The van der Waals surface area contributed by atoms with E-state index < -0.39 is 5.91 Å². The molecule has 0 aliphatic rings. The van der Waals surface area contributed by atoms with Crippen molar-refractivity contribution in [1.29, 1.82) is 0 Å². The van der Waals surface area contributed by atoms with E-state index in [0.29, 0.717) is 65.3 Å². The van der Waals surface area contributed by atoms with Gasteiger partial charge in [-0.15, -0.1) is 0 Å². The number of aryl methyl sites for hydroxylation is 2. The number of nitrogens with one attached hydrogen (secondary N) is 2. The lowest BCUT2D eigenvalue weighted by Crippen LogP contribution is -2.34. The molecule has 0 fully saturated rings. The van der Waals surface area contributed by atoms with Crippen LogP contribution in [-0.4, -0.2) is 35.8 Å². The summed E-state index contributed by atoms with van der Waals surface area (Å²) >= 11 is 5.41. The number of carbonyl (C=O) groups excluding carboxylic acids is 1. The highest BCUT2D eigenvalue weighted by Gasteiger charge is 2.19. The number of rotatable bonds is 9. The fourth-order valence-corrected chi connectivity index (χ4v) is 4.29. The standard InChI is InChI=1S/C29H31N3O5S/c1-6-34-24-14-19(15-25(35-7-2)26(24)36-8-3)27(33)32-29(38)30-21-9-10-23-22(16-21)31-28(37-23)20-12-17(4)11-18(5)13-20/h9-16H,6-8H2,1-5H3,(H2,30,32,33,38). The molecular weight excluding hydrogens is 502 g/mol. The second kappa shape index (κ2) is 12.0. The number of ether oxygens (including phenoxy) is 3. The lowest BCUT2D eigenvalue weighted by Gasteiger charge is -2.17. The Kier molecular flexibility index (Phi) is 8.48. The third-order valence-electron chi connectivity index (χ3n) is 5.51. The quantitative estimate of drug-likeness (QED) is 0.238. The van der Waals surface area contributed by atoms with Gasteiger partial charge in [0.05, 0.1) is 19.8 Å². The average Bonchev–Trinajstić information content (AvgIpc) is 3.29. The molecule has 0 aliphatic carbocycles. The maximum Gasteiger partial charge on any atom is 0.257 e. The number of nitrogens with zero attached hydrogens (tertiary/aromatic N) is 1. The van der Waals surface area contributed by atoms with Crippen LogP contribution >= 0.6 is 12.2 Å². The van der Waals surface area contributed by atoms with Gasteiger partial charge < -0.3 is 23.9 Å². The Labute approximate surface area is 227 Å². The Morgan fingerprint density at radius 3 is 2.13 bits per heavy atom. The Hall–Kier alpha value is -4.11. The van der Waals surface area contributed by atoms with Crippen molar-refractivity contribution in [3.63, 3.8) is 0 Å². The molecule has 0 spiro atoms. The number of thiocarbonyl (C=S) groups is 1. The first-order valence-electron chi connectivity index (χ1n) is 12.5. The largest absolute Gasteiger partial charge is 0.490 e. The molecule has 3 aromatic carbocycles. The number of anilines is 1. The van der Waals surface area contributed by atoms with E-state index in [-0.39, 0.29) is 5.11 Å². The van der Waals surface area contributed by atoms with Crippen LogP contribution < -0.4 is 24.8 Å². The van der Waals surface area contributed by atoms with Gasteiger partial charge >= 0.3 is 0 Å². The summed E-state index contributed by atoms with van der Waals surface area (Å²) in [5.74, 6) is 1.47. The van der Waals surface area contributed by atoms with Gasteiger partial charge in [-0.3, -0.25) is 10.1 Å². The summed E-state index contributed by atoms with van der Waals surface area (Å²) in [7, 11) is 0. The first kappa shape index (κ1) is 26.9. The van der Waals surface area contributed by atoms with E-state index in [1.807, 2.05) is 65.0 Å². The van der Waals surface area contributed by atoms with E-state index in [4.69, 9.17) is 30.8 Å². The zero-order valence-electron chi connectivity index (χ0n) is 22.1. The van der Waals surface area contributed by atoms with Crippen LogP contribution in [0.1, 0.15) is 42.3 Å². The predicted octanol–water partition coefficient (Wildman–Crippen LogP) is 6.43. The van der Waals surface area contributed by atoms with Crippen LogP contribution in [-0.2, 0) is 0 Å². The fraction of sp³-hybridized carbons (Fsp3) is 0.276. The van der Waals surface area contributed by atoms with Gasteiger partial charge in [0.1, 0.15) is 5.52 Å². The average molecular weight is 534 g/mol. The number of fused-ring (bicyclic) bond motifs is 1. The van der Waals surface area contributed by atoms with E-state index in [9.17, 15) is 4.79 Å². The van der Waals surface area contributed by atoms with E-state index in [1.54, 1.807) is 12.1 Å². The van der Waals surface area contributed by atoms with Crippen molar-refractivity contribution < 1.29 is 23.4 Å². The minimum absolute atomic E-state index is 0.136. The molecular formula is C29H31N3O5S. The van der Waals surface area contributed by atoms with Crippen molar-refractivity contribution in [1.82, 2.24) is 10.3 Å². The Balaban J connectivity index is 1.51. The van der Waals surface area contributed by atoms with E-state index >= 15 is 0 Å². The van der Waals surface area contributed by atoms with Crippen molar-refractivity contribution in [2.45, 2.75) is 34.6 Å². The summed E-state index contributed by atoms with van der Waals surface area (Å²) in [6.45, 7) is 10.9. The molecule has 0 unspecified atom stereocenters. The number of benzene rings is 3. The fourth-order valence-electron chi connectivity index (χ4n) is 4.08. The molecule has 2 N–H and O–H groups in total. The number of hydrogen-bond acceptors (Lipinski definition) is 7. The summed E-state index contributed by atoms with van der Waals surface area (Å²) in [6.07, 6.45) is 0. The third-order valence-corrected chi connectivity index (χ3v) is 5.72. The van der Waals surface area contributed by atoms with E-state index in [1.165, 1.54) is 0 Å². The van der Waals surface area contributed by atoms with Crippen molar-refractivity contribution >= 4 is 40.0 Å². The van der Waals surface area contributed by atoms with Crippen molar-refractivity contribution in [2.75, 3.05) is 25.1 Å². The van der Waals surface area contributed by atoms with Crippen molar-refractivity contribution in [3.8, 4) is 28.7 Å². The van der Waals surface area contributed by atoms with Crippen LogP contribution in [0.2, 0.25) is 0 Å². The zero-order valence-corrected chi connectivity index (χ0v) is 23.0.